The van der Waals surface area contributed by atoms with Crippen LogP contribution < -0.4 is 5.32 Å². The maximum absolute atomic E-state index is 12.5. The van der Waals surface area contributed by atoms with Crippen LogP contribution in [0.2, 0.25) is 0 Å². The summed E-state index contributed by atoms with van der Waals surface area (Å²) in [6.07, 6.45) is 7.83. The number of aromatic nitrogens is 2. The molecule has 0 aliphatic carbocycles. The van der Waals surface area contributed by atoms with E-state index in [1.807, 2.05) is 23.0 Å². The Morgan fingerprint density at radius 3 is 3.00 bits per heavy atom. The summed E-state index contributed by atoms with van der Waals surface area (Å²) in [4.78, 5) is 14.8. The van der Waals surface area contributed by atoms with Gasteiger partial charge in [0.05, 0.1) is 30.7 Å². The Labute approximate surface area is 153 Å². The SMILES string of the molecule is O=C(C[C@@H]1CN(Cc2ccoc2)Cc2ccnn21)NCC1CCOCC1. The van der Waals surface area contributed by atoms with E-state index in [9.17, 15) is 4.79 Å². The highest BCUT2D eigenvalue weighted by Crippen LogP contribution is 2.24. The molecule has 7 nitrogen and oxygen atoms in total. The van der Waals surface area contributed by atoms with Crippen molar-refractivity contribution < 1.29 is 13.9 Å². The molecule has 2 aromatic rings. The van der Waals surface area contributed by atoms with Crippen molar-refractivity contribution in [3.05, 3.63) is 42.1 Å². The predicted molar refractivity (Wildman–Crippen MR) is 95.3 cm³/mol. The second-order valence-corrected chi connectivity index (χ2v) is 7.29. The maximum atomic E-state index is 12.5. The van der Waals surface area contributed by atoms with Crippen molar-refractivity contribution in [2.45, 2.75) is 38.4 Å². The first-order valence-corrected chi connectivity index (χ1v) is 9.38. The van der Waals surface area contributed by atoms with Crippen LogP contribution in [0.5, 0.6) is 0 Å². The number of carbonyl (C=O) groups excluding carboxylic acids is 1. The van der Waals surface area contributed by atoms with Gasteiger partial charge in [0.2, 0.25) is 5.91 Å². The van der Waals surface area contributed by atoms with Gasteiger partial charge in [0, 0.05) is 51.2 Å². The third-order valence-electron chi connectivity index (χ3n) is 5.29. The number of nitrogens with one attached hydrogen (secondary N) is 1. The predicted octanol–water partition coefficient (Wildman–Crippen LogP) is 1.97. The molecule has 0 saturated carbocycles. The molecule has 2 aromatic heterocycles. The number of furan rings is 1. The number of hydrogen-bond acceptors (Lipinski definition) is 5. The first kappa shape index (κ1) is 17.3. The van der Waals surface area contributed by atoms with Crippen molar-refractivity contribution in [3.63, 3.8) is 0 Å². The number of carbonyl (C=O) groups is 1. The molecule has 1 amide bonds. The van der Waals surface area contributed by atoms with Gasteiger partial charge in [-0.2, -0.15) is 5.10 Å². The minimum atomic E-state index is 0.0651. The third kappa shape index (κ3) is 4.16. The van der Waals surface area contributed by atoms with E-state index in [0.717, 1.165) is 63.5 Å². The molecule has 1 saturated heterocycles. The van der Waals surface area contributed by atoms with E-state index >= 15 is 0 Å². The summed E-state index contributed by atoms with van der Waals surface area (Å²) >= 11 is 0. The van der Waals surface area contributed by atoms with Crippen molar-refractivity contribution in [1.82, 2.24) is 20.0 Å². The highest BCUT2D eigenvalue weighted by Gasteiger charge is 2.27. The summed E-state index contributed by atoms with van der Waals surface area (Å²) in [5.74, 6) is 0.644. The molecule has 0 bridgehead atoms. The molecular formula is C19H26N4O3. The molecule has 1 N–H and O–H groups in total. The highest BCUT2D eigenvalue weighted by atomic mass is 16.5. The van der Waals surface area contributed by atoms with Crippen LogP contribution in [0, 0.1) is 5.92 Å². The Morgan fingerprint density at radius 2 is 2.19 bits per heavy atom. The van der Waals surface area contributed by atoms with Gasteiger partial charge in [-0.25, -0.2) is 0 Å². The average molecular weight is 358 g/mol. The second-order valence-electron chi connectivity index (χ2n) is 7.29. The summed E-state index contributed by atoms with van der Waals surface area (Å²) in [5.41, 5.74) is 2.31. The molecule has 26 heavy (non-hydrogen) atoms. The van der Waals surface area contributed by atoms with Crippen LogP contribution >= 0.6 is 0 Å². The Hall–Kier alpha value is -2.12. The van der Waals surface area contributed by atoms with E-state index in [2.05, 4.69) is 15.3 Å². The van der Waals surface area contributed by atoms with Crippen LogP contribution in [0.15, 0.2) is 35.3 Å². The summed E-state index contributed by atoms with van der Waals surface area (Å²) in [6, 6.07) is 4.09. The van der Waals surface area contributed by atoms with Gasteiger partial charge >= 0.3 is 0 Å². The monoisotopic (exact) mass is 358 g/mol. The molecule has 1 fully saturated rings. The molecule has 0 aromatic carbocycles. The molecule has 2 aliphatic heterocycles. The number of hydrogen-bond donors (Lipinski definition) is 1. The molecule has 0 spiro atoms. The normalized spacial score (nSPS) is 21.5. The lowest BCUT2D eigenvalue weighted by atomic mass is 10.0. The van der Waals surface area contributed by atoms with E-state index in [4.69, 9.17) is 9.15 Å². The summed E-state index contributed by atoms with van der Waals surface area (Å²) in [5, 5.41) is 7.56. The van der Waals surface area contributed by atoms with Crippen LogP contribution in [0.1, 0.15) is 36.6 Å². The minimum Gasteiger partial charge on any atom is -0.472 e. The Morgan fingerprint density at radius 1 is 1.31 bits per heavy atom. The summed E-state index contributed by atoms with van der Waals surface area (Å²) < 4.78 is 12.6. The van der Waals surface area contributed by atoms with Crippen molar-refractivity contribution >= 4 is 5.91 Å². The number of ether oxygens (including phenoxy) is 1. The lowest BCUT2D eigenvalue weighted by Gasteiger charge is -2.33. The molecule has 4 rings (SSSR count). The largest absolute Gasteiger partial charge is 0.472 e. The molecule has 140 valence electrons. The van der Waals surface area contributed by atoms with Crippen LogP contribution in [0.3, 0.4) is 0 Å². The second kappa shape index (κ2) is 8.05. The van der Waals surface area contributed by atoms with Gasteiger partial charge in [0.25, 0.3) is 0 Å². The zero-order chi connectivity index (χ0) is 17.8. The molecule has 7 heteroatoms. The van der Waals surface area contributed by atoms with Crippen LogP contribution in [0.25, 0.3) is 0 Å². The molecule has 4 heterocycles. The van der Waals surface area contributed by atoms with E-state index in [1.54, 1.807) is 12.5 Å². The van der Waals surface area contributed by atoms with Crippen molar-refractivity contribution in [3.8, 4) is 0 Å². The minimum absolute atomic E-state index is 0.0651. The van der Waals surface area contributed by atoms with Gasteiger partial charge in [-0.3, -0.25) is 14.4 Å². The molecule has 0 radical (unpaired) electrons. The van der Waals surface area contributed by atoms with Crippen molar-refractivity contribution in [1.29, 1.82) is 0 Å². The molecule has 0 unspecified atom stereocenters. The van der Waals surface area contributed by atoms with Gasteiger partial charge < -0.3 is 14.5 Å². The first-order chi connectivity index (χ1) is 12.8. The number of amides is 1. The fourth-order valence-corrected chi connectivity index (χ4v) is 3.87. The number of nitrogens with zero attached hydrogens (tertiary/aromatic N) is 3. The van der Waals surface area contributed by atoms with Gasteiger partial charge in [0.1, 0.15) is 0 Å². The van der Waals surface area contributed by atoms with Crippen molar-refractivity contribution in [2.24, 2.45) is 5.92 Å². The number of rotatable bonds is 6. The quantitative estimate of drug-likeness (QED) is 0.855. The van der Waals surface area contributed by atoms with Gasteiger partial charge in [-0.05, 0) is 30.9 Å². The summed E-state index contributed by atoms with van der Waals surface area (Å²) in [7, 11) is 0. The van der Waals surface area contributed by atoms with Gasteiger partial charge in [0.15, 0.2) is 0 Å². The van der Waals surface area contributed by atoms with Gasteiger partial charge in [-0.1, -0.05) is 0 Å². The van der Waals surface area contributed by atoms with E-state index in [1.165, 1.54) is 0 Å². The van der Waals surface area contributed by atoms with Crippen LogP contribution in [-0.4, -0.2) is 46.9 Å². The third-order valence-corrected chi connectivity index (χ3v) is 5.29. The fraction of sp³-hybridized carbons (Fsp3) is 0.579. The number of fused-ring (bicyclic) bond motifs is 1. The standard InChI is InChI=1S/C19H26N4O3/c24-19(20-10-15-2-6-25-7-3-15)9-18-13-22(11-16-4-8-26-14-16)12-17-1-5-21-23(17)18/h1,4-5,8,14-15,18H,2-3,6-7,9-13H2,(H,20,24)/t18-/m1/s1. The lowest BCUT2D eigenvalue weighted by molar-refractivity contribution is -0.122. The van der Waals surface area contributed by atoms with E-state index in [0.29, 0.717) is 12.3 Å². The Balaban J connectivity index is 1.34. The highest BCUT2D eigenvalue weighted by molar-refractivity contribution is 5.76. The zero-order valence-corrected chi connectivity index (χ0v) is 15.0. The van der Waals surface area contributed by atoms with Crippen LogP contribution in [0.4, 0.5) is 0 Å². The molecule has 1 atom stereocenters. The maximum Gasteiger partial charge on any atom is 0.222 e. The molecular weight excluding hydrogens is 332 g/mol. The fourth-order valence-electron chi connectivity index (χ4n) is 3.87. The van der Waals surface area contributed by atoms with E-state index < -0.39 is 0 Å². The topological polar surface area (TPSA) is 72.5 Å². The Bertz CT molecular complexity index is 706. The van der Waals surface area contributed by atoms with Gasteiger partial charge in [-0.15, -0.1) is 0 Å². The average Bonchev–Trinajstić information content (AvgIpc) is 3.33. The zero-order valence-electron chi connectivity index (χ0n) is 15.0. The first-order valence-electron chi connectivity index (χ1n) is 9.38. The Kier molecular flexibility index (Phi) is 5.36. The summed E-state index contributed by atoms with van der Waals surface area (Å²) in [6.45, 7) is 4.84. The van der Waals surface area contributed by atoms with E-state index in [-0.39, 0.29) is 11.9 Å². The van der Waals surface area contributed by atoms with Crippen molar-refractivity contribution in [2.75, 3.05) is 26.3 Å². The van der Waals surface area contributed by atoms with Crippen LogP contribution in [-0.2, 0) is 22.6 Å². The lowest BCUT2D eigenvalue weighted by Crippen LogP contribution is -2.40. The smallest absolute Gasteiger partial charge is 0.222 e. The molecule has 2 aliphatic rings.